The van der Waals surface area contributed by atoms with Crippen molar-refractivity contribution in [3.8, 4) is 0 Å². The molecule has 0 saturated heterocycles. The number of hydrogen-bond donors (Lipinski definition) is 1. The zero-order valence-corrected chi connectivity index (χ0v) is 14.2. The molecule has 0 aliphatic carbocycles. The normalized spacial score (nSPS) is 10.3. The van der Waals surface area contributed by atoms with Crippen LogP contribution in [0.25, 0.3) is 0 Å². The summed E-state index contributed by atoms with van der Waals surface area (Å²) in [5.41, 5.74) is 0.0198. The van der Waals surface area contributed by atoms with Crippen molar-refractivity contribution in [2.24, 2.45) is 0 Å². The number of benzene rings is 1. The van der Waals surface area contributed by atoms with Gasteiger partial charge in [0.2, 0.25) is 5.78 Å². The van der Waals surface area contributed by atoms with Gasteiger partial charge in [-0.1, -0.05) is 6.07 Å². The number of carbonyl (C=O) groups is 2. The van der Waals surface area contributed by atoms with Crippen LogP contribution in [0.2, 0.25) is 0 Å². The molecule has 1 N–H and O–H groups in total. The van der Waals surface area contributed by atoms with Gasteiger partial charge in [0.05, 0.1) is 22.0 Å². The van der Waals surface area contributed by atoms with Crippen LogP contribution in [0.3, 0.4) is 0 Å². The van der Waals surface area contributed by atoms with E-state index in [0.717, 1.165) is 6.07 Å². The van der Waals surface area contributed by atoms with Gasteiger partial charge in [0.15, 0.2) is 6.61 Å². The number of nitro groups is 1. The summed E-state index contributed by atoms with van der Waals surface area (Å²) in [6, 6.07) is 7.29. The molecule has 0 atom stereocenters. The fourth-order valence-corrected chi connectivity index (χ4v) is 2.62. The van der Waals surface area contributed by atoms with Crippen LogP contribution in [0.5, 0.6) is 0 Å². The Labute approximate surface area is 147 Å². The van der Waals surface area contributed by atoms with Crippen LogP contribution in [-0.2, 0) is 9.47 Å². The van der Waals surface area contributed by atoms with Crippen LogP contribution < -0.4 is 5.32 Å². The number of nitro benzene ring substituents is 1. The van der Waals surface area contributed by atoms with Crippen LogP contribution in [0.1, 0.15) is 20.0 Å². The number of thiophene rings is 1. The first-order valence-electron chi connectivity index (χ1n) is 7.28. The van der Waals surface area contributed by atoms with E-state index in [9.17, 15) is 19.7 Å². The Morgan fingerprint density at radius 3 is 2.76 bits per heavy atom. The van der Waals surface area contributed by atoms with Crippen molar-refractivity contribution >= 4 is 34.5 Å². The summed E-state index contributed by atoms with van der Waals surface area (Å²) < 4.78 is 9.82. The van der Waals surface area contributed by atoms with Crippen LogP contribution in [-0.4, -0.2) is 43.5 Å². The molecule has 25 heavy (non-hydrogen) atoms. The number of hydrogen-bond acceptors (Lipinski definition) is 8. The quantitative estimate of drug-likeness (QED) is 0.240. The fraction of sp³-hybridized carbons (Fsp3) is 0.250. The van der Waals surface area contributed by atoms with Crippen molar-refractivity contribution in [2.45, 2.75) is 0 Å². The highest BCUT2D eigenvalue weighted by Crippen LogP contribution is 2.25. The van der Waals surface area contributed by atoms with Crippen molar-refractivity contribution in [1.82, 2.24) is 0 Å². The van der Waals surface area contributed by atoms with Gasteiger partial charge in [-0.15, -0.1) is 11.3 Å². The molecule has 1 aromatic heterocycles. The molecule has 0 aliphatic heterocycles. The van der Waals surface area contributed by atoms with Crippen LogP contribution in [0.15, 0.2) is 35.7 Å². The topological polar surface area (TPSA) is 108 Å². The van der Waals surface area contributed by atoms with Crippen molar-refractivity contribution in [2.75, 3.05) is 32.2 Å². The van der Waals surface area contributed by atoms with Gasteiger partial charge in [-0.25, -0.2) is 4.79 Å². The number of ketones is 1. The summed E-state index contributed by atoms with van der Waals surface area (Å²) in [5, 5.41) is 15.8. The Hall–Kier alpha value is -2.78. The van der Waals surface area contributed by atoms with Crippen molar-refractivity contribution in [3.05, 3.63) is 56.3 Å². The largest absolute Gasteiger partial charge is 0.454 e. The second-order valence-electron chi connectivity index (χ2n) is 4.89. The molecule has 0 unspecified atom stereocenters. The molecule has 0 fully saturated rings. The number of esters is 1. The lowest BCUT2D eigenvalue weighted by Gasteiger charge is -2.08. The Morgan fingerprint density at radius 2 is 2.12 bits per heavy atom. The summed E-state index contributed by atoms with van der Waals surface area (Å²) in [6.45, 7) is 0.350. The van der Waals surface area contributed by atoms with Gasteiger partial charge < -0.3 is 14.8 Å². The first-order valence-corrected chi connectivity index (χ1v) is 8.16. The van der Waals surface area contributed by atoms with Crippen molar-refractivity contribution < 1.29 is 24.0 Å². The van der Waals surface area contributed by atoms with E-state index in [1.807, 2.05) is 0 Å². The lowest BCUT2D eigenvalue weighted by molar-refractivity contribution is -0.384. The number of nitrogens with zero attached hydrogens (tertiary/aromatic N) is 1. The van der Waals surface area contributed by atoms with Gasteiger partial charge >= 0.3 is 5.97 Å². The monoisotopic (exact) mass is 364 g/mol. The van der Waals surface area contributed by atoms with E-state index >= 15 is 0 Å². The van der Waals surface area contributed by atoms with Crippen LogP contribution >= 0.6 is 11.3 Å². The molecule has 0 bridgehead atoms. The molecule has 0 aliphatic rings. The van der Waals surface area contributed by atoms with E-state index in [0.29, 0.717) is 18.0 Å². The van der Waals surface area contributed by atoms with Gasteiger partial charge in [0.25, 0.3) is 5.69 Å². The van der Waals surface area contributed by atoms with E-state index in [2.05, 4.69) is 5.32 Å². The second kappa shape index (κ2) is 8.90. The summed E-state index contributed by atoms with van der Waals surface area (Å²) in [5.74, 6) is -1.12. The Kier molecular flexibility index (Phi) is 6.61. The SMILES string of the molecule is COCCNc1ccc(C(=O)OCC(=O)c2cccs2)cc1[N+](=O)[O-]. The highest BCUT2D eigenvalue weighted by atomic mass is 32.1. The lowest BCUT2D eigenvalue weighted by Crippen LogP contribution is -2.14. The number of nitrogens with one attached hydrogen (secondary N) is 1. The average Bonchev–Trinajstić information content (AvgIpc) is 3.14. The highest BCUT2D eigenvalue weighted by molar-refractivity contribution is 7.12. The minimum Gasteiger partial charge on any atom is -0.454 e. The Bertz CT molecular complexity index is 760. The maximum atomic E-state index is 12.0. The first kappa shape index (κ1) is 18.6. The number of carbonyl (C=O) groups excluding carboxylic acids is 2. The molecule has 0 amide bonds. The smallest absolute Gasteiger partial charge is 0.338 e. The predicted molar refractivity (Wildman–Crippen MR) is 92.4 cm³/mol. The molecule has 1 heterocycles. The fourth-order valence-electron chi connectivity index (χ4n) is 1.97. The third-order valence-electron chi connectivity index (χ3n) is 3.18. The van der Waals surface area contributed by atoms with Gasteiger partial charge in [-0.3, -0.25) is 14.9 Å². The van der Waals surface area contributed by atoms with E-state index in [4.69, 9.17) is 9.47 Å². The zero-order valence-electron chi connectivity index (χ0n) is 13.4. The van der Waals surface area contributed by atoms with Crippen LogP contribution in [0.4, 0.5) is 11.4 Å². The van der Waals surface area contributed by atoms with Gasteiger partial charge in [0.1, 0.15) is 5.69 Å². The molecular formula is C16H16N2O6S. The third-order valence-corrected chi connectivity index (χ3v) is 4.09. The summed E-state index contributed by atoms with van der Waals surface area (Å²) in [7, 11) is 1.52. The van der Waals surface area contributed by atoms with Gasteiger partial charge in [0, 0.05) is 19.7 Å². The van der Waals surface area contributed by atoms with E-state index in [-0.39, 0.29) is 22.7 Å². The molecule has 132 valence electrons. The summed E-state index contributed by atoms with van der Waals surface area (Å²) in [4.78, 5) is 34.9. The predicted octanol–water partition coefficient (Wildman–Crippen LogP) is 2.75. The molecular weight excluding hydrogens is 348 g/mol. The minimum atomic E-state index is -0.795. The highest BCUT2D eigenvalue weighted by Gasteiger charge is 2.19. The molecule has 2 aromatic rings. The van der Waals surface area contributed by atoms with Crippen LogP contribution in [0, 0.1) is 10.1 Å². The maximum Gasteiger partial charge on any atom is 0.338 e. The number of rotatable bonds is 9. The number of ether oxygens (including phenoxy) is 2. The Balaban J connectivity index is 2.05. The second-order valence-corrected chi connectivity index (χ2v) is 5.83. The van der Waals surface area contributed by atoms with Crippen molar-refractivity contribution in [1.29, 1.82) is 0 Å². The molecule has 1 aromatic carbocycles. The Morgan fingerprint density at radius 1 is 1.32 bits per heavy atom. The van der Waals surface area contributed by atoms with Gasteiger partial charge in [-0.05, 0) is 23.6 Å². The molecule has 8 nitrogen and oxygen atoms in total. The van der Waals surface area contributed by atoms with Crippen molar-refractivity contribution in [3.63, 3.8) is 0 Å². The van der Waals surface area contributed by atoms with E-state index in [1.54, 1.807) is 17.5 Å². The zero-order chi connectivity index (χ0) is 18.2. The van der Waals surface area contributed by atoms with E-state index < -0.39 is 17.5 Å². The molecule has 9 heteroatoms. The molecule has 0 radical (unpaired) electrons. The lowest BCUT2D eigenvalue weighted by atomic mass is 10.1. The molecule has 0 spiro atoms. The standard InChI is InChI=1S/C16H16N2O6S/c1-23-7-6-17-12-5-4-11(9-13(12)18(21)22)16(20)24-10-14(19)15-3-2-8-25-15/h2-5,8-9,17H,6-7,10H2,1H3. The number of anilines is 1. The van der Waals surface area contributed by atoms with Gasteiger partial charge in [-0.2, -0.15) is 0 Å². The maximum absolute atomic E-state index is 12.0. The summed E-state index contributed by atoms with van der Waals surface area (Å²) >= 11 is 1.25. The first-order chi connectivity index (χ1) is 12.0. The van der Waals surface area contributed by atoms with E-state index in [1.165, 1.54) is 30.6 Å². The minimum absolute atomic E-state index is 0.00275. The number of methoxy groups -OCH3 is 1. The summed E-state index contributed by atoms with van der Waals surface area (Å²) in [6.07, 6.45) is 0. The molecule has 2 rings (SSSR count). The third kappa shape index (κ3) is 5.10. The number of Topliss-reactive ketones (excluding diaryl/α,β-unsaturated/α-hetero) is 1. The molecule has 0 saturated carbocycles. The average molecular weight is 364 g/mol.